The molecule has 1 atom stereocenters. The number of rotatable bonds is 3. The predicted octanol–water partition coefficient (Wildman–Crippen LogP) is 4.80. The van der Waals surface area contributed by atoms with Crippen LogP contribution in [0.25, 0.3) is 11.1 Å². The van der Waals surface area contributed by atoms with Gasteiger partial charge in [-0.2, -0.15) is 0 Å². The molecule has 27 heavy (non-hydrogen) atoms. The van der Waals surface area contributed by atoms with Gasteiger partial charge in [-0.3, -0.25) is 4.79 Å². The Bertz CT molecular complexity index is 853. The predicted molar refractivity (Wildman–Crippen MR) is 110 cm³/mol. The zero-order valence-electron chi connectivity index (χ0n) is 15.8. The lowest BCUT2D eigenvalue weighted by Gasteiger charge is -2.27. The molecular formula is C22H23NO3S. The maximum atomic E-state index is 12.5. The molecular weight excluding hydrogens is 358 g/mol. The average Bonchev–Trinajstić information content (AvgIpc) is 2.89. The number of hydrogen-bond donors (Lipinski definition) is 0. The van der Waals surface area contributed by atoms with Gasteiger partial charge in [0.15, 0.2) is 0 Å². The number of carbonyl (C=O) groups excluding carboxylic acids is 2. The molecule has 1 fully saturated rings. The highest BCUT2D eigenvalue weighted by atomic mass is 32.1. The number of imide groups is 1. The lowest BCUT2D eigenvalue weighted by atomic mass is 10.00. The number of hydrogen-bond acceptors (Lipinski definition) is 4. The smallest absolute Gasteiger partial charge is 0.417 e. The Hall–Kier alpha value is -2.53. The van der Waals surface area contributed by atoms with Crippen molar-refractivity contribution >= 4 is 29.1 Å². The van der Waals surface area contributed by atoms with Crippen molar-refractivity contribution in [3.05, 3.63) is 60.2 Å². The van der Waals surface area contributed by atoms with E-state index in [2.05, 4.69) is 24.3 Å². The summed E-state index contributed by atoms with van der Waals surface area (Å²) in [5.74, 6) is -0.412. The molecule has 3 rings (SSSR count). The summed E-state index contributed by atoms with van der Waals surface area (Å²) in [6, 6.07) is 18.0. The van der Waals surface area contributed by atoms with Crippen molar-refractivity contribution in [3.63, 3.8) is 0 Å². The van der Waals surface area contributed by atoms with Crippen molar-refractivity contribution in [3.8, 4) is 11.1 Å². The second kappa shape index (κ2) is 7.61. The number of carbonyl (C=O) groups is 2. The first-order chi connectivity index (χ1) is 12.7. The van der Waals surface area contributed by atoms with E-state index in [0.717, 1.165) is 16.7 Å². The van der Waals surface area contributed by atoms with Crippen LogP contribution in [0.5, 0.6) is 0 Å². The Morgan fingerprint density at radius 2 is 1.67 bits per heavy atom. The molecule has 0 radical (unpaired) electrons. The highest BCUT2D eigenvalue weighted by Gasteiger charge is 2.41. The third-order valence-electron chi connectivity index (χ3n) is 4.37. The summed E-state index contributed by atoms with van der Waals surface area (Å²) in [7, 11) is 0. The van der Waals surface area contributed by atoms with Crippen LogP contribution in [0.15, 0.2) is 54.6 Å². The molecule has 2 aromatic rings. The quantitative estimate of drug-likeness (QED) is 0.717. The minimum Gasteiger partial charge on any atom is -0.443 e. The first-order valence-corrected chi connectivity index (χ1v) is 9.39. The van der Waals surface area contributed by atoms with Gasteiger partial charge in [-0.05, 0) is 43.9 Å². The molecule has 1 aliphatic heterocycles. The summed E-state index contributed by atoms with van der Waals surface area (Å²) in [5, 5.41) is 0. The van der Waals surface area contributed by atoms with Gasteiger partial charge in [0, 0.05) is 6.42 Å². The Morgan fingerprint density at radius 1 is 1.07 bits per heavy atom. The number of thiocarbonyl (C=S) groups is 1. The van der Waals surface area contributed by atoms with Gasteiger partial charge in [0.05, 0.1) is 10.9 Å². The van der Waals surface area contributed by atoms with E-state index in [1.807, 2.05) is 30.3 Å². The van der Waals surface area contributed by atoms with E-state index in [4.69, 9.17) is 17.0 Å². The third kappa shape index (κ3) is 4.61. The van der Waals surface area contributed by atoms with E-state index in [0.29, 0.717) is 12.8 Å². The molecule has 1 aliphatic rings. The van der Waals surface area contributed by atoms with Crippen LogP contribution < -0.4 is 0 Å². The van der Waals surface area contributed by atoms with Crippen molar-refractivity contribution in [1.82, 2.24) is 4.90 Å². The Morgan fingerprint density at radius 3 is 2.26 bits per heavy atom. The van der Waals surface area contributed by atoms with Crippen LogP contribution >= 0.6 is 12.2 Å². The third-order valence-corrected chi connectivity index (χ3v) is 4.71. The second-order valence-corrected chi connectivity index (χ2v) is 8.20. The summed E-state index contributed by atoms with van der Waals surface area (Å²) in [6.07, 6.45) is 0.326. The molecule has 0 aromatic heterocycles. The van der Waals surface area contributed by atoms with Gasteiger partial charge in [0.25, 0.3) is 5.91 Å². The Kier molecular flexibility index (Phi) is 5.42. The lowest BCUT2D eigenvalue weighted by molar-refractivity contribution is -0.123. The van der Waals surface area contributed by atoms with E-state index < -0.39 is 17.6 Å². The van der Waals surface area contributed by atoms with Gasteiger partial charge in [-0.1, -0.05) is 66.8 Å². The summed E-state index contributed by atoms with van der Waals surface area (Å²) in [4.78, 5) is 26.3. The first kappa shape index (κ1) is 19.2. The van der Waals surface area contributed by atoms with E-state index in [1.54, 1.807) is 20.8 Å². The van der Waals surface area contributed by atoms with Crippen LogP contribution in [0.2, 0.25) is 0 Å². The van der Waals surface area contributed by atoms with Crippen LogP contribution in [0.4, 0.5) is 4.79 Å². The summed E-state index contributed by atoms with van der Waals surface area (Å²) < 4.78 is 5.39. The highest BCUT2D eigenvalue weighted by molar-refractivity contribution is 7.82. The van der Waals surface area contributed by atoms with Crippen LogP contribution in [-0.2, 0) is 16.0 Å². The summed E-state index contributed by atoms with van der Waals surface area (Å²) >= 11 is 5.16. The molecule has 0 saturated carbocycles. The van der Waals surface area contributed by atoms with Crippen LogP contribution in [0.3, 0.4) is 0 Å². The monoisotopic (exact) mass is 381 g/mol. The van der Waals surface area contributed by atoms with Crippen molar-refractivity contribution in [1.29, 1.82) is 0 Å². The maximum Gasteiger partial charge on any atom is 0.417 e. The Balaban J connectivity index is 1.76. The first-order valence-electron chi connectivity index (χ1n) is 8.98. The number of ether oxygens (including phenoxy) is 1. The highest BCUT2D eigenvalue weighted by Crippen LogP contribution is 2.25. The molecule has 0 N–H and O–H groups in total. The number of nitrogens with zero attached hydrogens (tertiary/aromatic N) is 1. The fourth-order valence-electron chi connectivity index (χ4n) is 3.14. The SMILES string of the molecule is CC(C)(C)OC(=O)N1C(=O)C(=S)C[C@H]1Cc1ccc(-c2ccccc2)cc1. The molecule has 4 nitrogen and oxygen atoms in total. The second-order valence-electron chi connectivity index (χ2n) is 7.70. The van der Waals surface area contributed by atoms with Gasteiger partial charge < -0.3 is 4.74 Å². The molecule has 5 heteroatoms. The van der Waals surface area contributed by atoms with Gasteiger partial charge in [-0.25, -0.2) is 9.69 Å². The number of likely N-dealkylation sites (tertiary alicyclic amines) is 1. The van der Waals surface area contributed by atoms with Crippen molar-refractivity contribution < 1.29 is 14.3 Å². The Labute approximate surface area is 165 Å². The number of benzene rings is 2. The van der Waals surface area contributed by atoms with E-state index >= 15 is 0 Å². The van der Waals surface area contributed by atoms with E-state index in [1.165, 1.54) is 4.90 Å². The standard InChI is InChI=1S/C22H23NO3S/c1-22(2,3)26-21(25)23-18(14-19(27)20(23)24)13-15-9-11-17(12-10-15)16-7-5-4-6-8-16/h4-12,18H,13-14H2,1-3H3/t18-/m1/s1. The van der Waals surface area contributed by atoms with E-state index in [9.17, 15) is 9.59 Å². The molecule has 140 valence electrons. The fourth-order valence-corrected chi connectivity index (χ4v) is 3.43. The molecule has 1 saturated heterocycles. The largest absolute Gasteiger partial charge is 0.443 e. The van der Waals surface area contributed by atoms with Gasteiger partial charge in [0.2, 0.25) is 0 Å². The zero-order chi connectivity index (χ0) is 19.6. The van der Waals surface area contributed by atoms with Crippen LogP contribution in [0.1, 0.15) is 32.8 Å². The van der Waals surface area contributed by atoms with Crippen LogP contribution in [0, 0.1) is 0 Å². The molecule has 0 bridgehead atoms. The van der Waals surface area contributed by atoms with Crippen LogP contribution in [-0.4, -0.2) is 33.4 Å². The van der Waals surface area contributed by atoms with Gasteiger partial charge in [-0.15, -0.1) is 0 Å². The van der Waals surface area contributed by atoms with E-state index in [-0.39, 0.29) is 10.9 Å². The minimum absolute atomic E-state index is 0.284. The lowest BCUT2D eigenvalue weighted by Crippen LogP contribution is -2.43. The molecule has 0 unspecified atom stereocenters. The molecule has 1 heterocycles. The molecule has 2 aromatic carbocycles. The molecule has 0 aliphatic carbocycles. The summed E-state index contributed by atoms with van der Waals surface area (Å²) in [6.45, 7) is 5.34. The normalized spacial score (nSPS) is 17.3. The number of amides is 2. The zero-order valence-corrected chi connectivity index (χ0v) is 16.6. The van der Waals surface area contributed by atoms with Crippen molar-refractivity contribution in [2.75, 3.05) is 0 Å². The minimum atomic E-state index is -0.663. The van der Waals surface area contributed by atoms with Crippen molar-refractivity contribution in [2.24, 2.45) is 0 Å². The fraction of sp³-hybridized carbons (Fsp3) is 0.318. The van der Waals surface area contributed by atoms with Gasteiger partial charge in [0.1, 0.15) is 5.60 Å². The molecule has 0 spiro atoms. The average molecular weight is 381 g/mol. The van der Waals surface area contributed by atoms with Crippen molar-refractivity contribution in [2.45, 2.75) is 45.3 Å². The summed E-state index contributed by atoms with van der Waals surface area (Å²) in [5.41, 5.74) is 2.66. The maximum absolute atomic E-state index is 12.5. The molecule has 2 amide bonds. The van der Waals surface area contributed by atoms with Gasteiger partial charge >= 0.3 is 6.09 Å². The topological polar surface area (TPSA) is 46.6 Å².